The molecule has 0 bridgehead atoms. The van der Waals surface area contributed by atoms with Crippen molar-refractivity contribution in [2.24, 2.45) is 0 Å². The Kier molecular flexibility index (Phi) is 3.47. The number of carbonyl (C=O) groups is 1. The van der Waals surface area contributed by atoms with Gasteiger partial charge in [-0.1, -0.05) is 15.9 Å². The summed E-state index contributed by atoms with van der Waals surface area (Å²) in [6.07, 6.45) is 0. The van der Waals surface area contributed by atoms with Gasteiger partial charge in [0.2, 0.25) is 0 Å². The van der Waals surface area contributed by atoms with Gasteiger partial charge in [-0.15, -0.1) is 0 Å². The second-order valence-corrected chi connectivity index (χ2v) is 4.40. The Bertz CT molecular complexity index is 630. The predicted octanol–water partition coefficient (Wildman–Crippen LogP) is 2.93. The van der Waals surface area contributed by atoms with E-state index in [-0.39, 0.29) is 11.2 Å². The predicted molar refractivity (Wildman–Crippen MR) is 67.3 cm³/mol. The molecule has 4 nitrogen and oxygen atoms in total. The first-order valence-electron chi connectivity index (χ1n) is 4.99. The summed E-state index contributed by atoms with van der Waals surface area (Å²) in [5.74, 6) is -0.818. The maximum atomic E-state index is 13.8. The third-order valence-corrected chi connectivity index (χ3v) is 2.87. The minimum absolute atomic E-state index is 0.00284. The van der Waals surface area contributed by atoms with Crippen molar-refractivity contribution in [1.82, 2.24) is 4.98 Å². The number of carbonyl (C=O) groups excluding carboxylic acids is 1. The molecule has 0 saturated heterocycles. The molecule has 0 amide bonds. The first-order chi connectivity index (χ1) is 8.56. The zero-order chi connectivity index (χ0) is 13.3. The Morgan fingerprint density at radius 3 is 2.67 bits per heavy atom. The summed E-state index contributed by atoms with van der Waals surface area (Å²) in [7, 11) is 2.67. The monoisotopic (exact) mass is 313 g/mol. The molecule has 0 aliphatic heterocycles. The molecule has 2 aromatic rings. The van der Waals surface area contributed by atoms with Gasteiger partial charge >= 0.3 is 5.97 Å². The van der Waals surface area contributed by atoms with Crippen molar-refractivity contribution in [2.75, 3.05) is 14.2 Å². The lowest BCUT2D eigenvalue weighted by Crippen LogP contribution is -2.05. The van der Waals surface area contributed by atoms with Crippen LogP contribution >= 0.6 is 15.9 Å². The highest BCUT2D eigenvalue weighted by molar-refractivity contribution is 9.10. The lowest BCUT2D eigenvalue weighted by Gasteiger charge is -2.08. The van der Waals surface area contributed by atoms with Crippen molar-refractivity contribution in [1.29, 1.82) is 0 Å². The average Bonchev–Trinajstić information content (AvgIpc) is 2.36. The highest BCUT2D eigenvalue weighted by atomic mass is 79.9. The summed E-state index contributed by atoms with van der Waals surface area (Å²) in [5.41, 5.74) is 0.0704. The Labute approximate surface area is 111 Å². The van der Waals surface area contributed by atoms with Crippen LogP contribution in [0.5, 0.6) is 5.75 Å². The number of pyridine rings is 1. The minimum atomic E-state index is -0.641. The maximum absolute atomic E-state index is 13.8. The van der Waals surface area contributed by atoms with Crippen LogP contribution in [-0.2, 0) is 4.74 Å². The SMILES string of the molecule is COC(=O)c1cc(OC)c2cc(Br)cc(F)c2n1. The van der Waals surface area contributed by atoms with Gasteiger partial charge < -0.3 is 9.47 Å². The molecular formula is C12H9BrFNO3. The van der Waals surface area contributed by atoms with Crippen molar-refractivity contribution in [2.45, 2.75) is 0 Å². The highest BCUT2D eigenvalue weighted by Crippen LogP contribution is 2.30. The van der Waals surface area contributed by atoms with E-state index < -0.39 is 11.8 Å². The molecule has 18 heavy (non-hydrogen) atoms. The summed E-state index contributed by atoms with van der Waals surface area (Å²) in [6, 6.07) is 4.36. The van der Waals surface area contributed by atoms with Gasteiger partial charge in [-0.3, -0.25) is 0 Å². The normalized spacial score (nSPS) is 10.4. The molecule has 0 saturated carbocycles. The average molecular weight is 314 g/mol. The van der Waals surface area contributed by atoms with Gasteiger partial charge in [0, 0.05) is 15.9 Å². The molecule has 94 valence electrons. The molecule has 0 N–H and O–H groups in total. The van der Waals surface area contributed by atoms with E-state index in [1.165, 1.54) is 26.4 Å². The van der Waals surface area contributed by atoms with Crippen LogP contribution in [0.25, 0.3) is 10.9 Å². The zero-order valence-corrected chi connectivity index (χ0v) is 11.2. The van der Waals surface area contributed by atoms with Crippen molar-refractivity contribution in [3.63, 3.8) is 0 Å². The number of hydrogen-bond donors (Lipinski definition) is 0. The lowest BCUT2D eigenvalue weighted by molar-refractivity contribution is 0.0594. The molecule has 0 aliphatic carbocycles. The van der Waals surface area contributed by atoms with Crippen LogP contribution < -0.4 is 4.74 Å². The zero-order valence-electron chi connectivity index (χ0n) is 9.66. The summed E-state index contributed by atoms with van der Waals surface area (Å²) in [4.78, 5) is 15.4. The lowest BCUT2D eigenvalue weighted by atomic mass is 10.1. The Hall–Kier alpha value is -1.69. The molecule has 0 spiro atoms. The number of fused-ring (bicyclic) bond motifs is 1. The van der Waals surface area contributed by atoms with E-state index in [1.807, 2.05) is 0 Å². The number of hydrogen-bond acceptors (Lipinski definition) is 4. The molecule has 0 unspecified atom stereocenters. The van der Waals surface area contributed by atoms with Crippen LogP contribution in [0.2, 0.25) is 0 Å². The number of halogens is 2. The maximum Gasteiger partial charge on any atom is 0.356 e. The number of rotatable bonds is 2. The van der Waals surface area contributed by atoms with Gasteiger partial charge in [-0.05, 0) is 12.1 Å². The number of aromatic nitrogens is 1. The van der Waals surface area contributed by atoms with Crippen LogP contribution in [0, 0.1) is 5.82 Å². The summed E-state index contributed by atoms with van der Waals surface area (Å²) >= 11 is 3.19. The summed E-state index contributed by atoms with van der Waals surface area (Å²) < 4.78 is 24.1. The molecule has 1 aromatic carbocycles. The molecule has 2 rings (SSSR count). The van der Waals surface area contributed by atoms with Crippen molar-refractivity contribution >= 4 is 32.8 Å². The van der Waals surface area contributed by atoms with Gasteiger partial charge in [-0.25, -0.2) is 14.2 Å². The van der Waals surface area contributed by atoms with E-state index in [4.69, 9.17) is 4.74 Å². The molecule has 0 fully saturated rings. The smallest absolute Gasteiger partial charge is 0.356 e. The molecule has 0 radical (unpaired) electrons. The Balaban J connectivity index is 2.79. The van der Waals surface area contributed by atoms with E-state index >= 15 is 0 Å². The van der Waals surface area contributed by atoms with Crippen LogP contribution in [-0.4, -0.2) is 25.2 Å². The molecule has 0 atom stereocenters. The number of esters is 1. The Morgan fingerprint density at radius 1 is 1.33 bits per heavy atom. The van der Waals surface area contributed by atoms with Crippen molar-refractivity contribution in [3.8, 4) is 5.75 Å². The fourth-order valence-electron chi connectivity index (χ4n) is 1.60. The fraction of sp³-hybridized carbons (Fsp3) is 0.167. The number of methoxy groups -OCH3 is 2. The van der Waals surface area contributed by atoms with E-state index in [2.05, 4.69) is 25.7 Å². The second-order valence-electron chi connectivity index (χ2n) is 3.49. The third-order valence-electron chi connectivity index (χ3n) is 2.41. The van der Waals surface area contributed by atoms with Gasteiger partial charge in [0.15, 0.2) is 11.5 Å². The van der Waals surface area contributed by atoms with E-state index in [1.54, 1.807) is 6.07 Å². The number of nitrogens with zero attached hydrogens (tertiary/aromatic N) is 1. The van der Waals surface area contributed by atoms with Gasteiger partial charge in [0.05, 0.1) is 14.2 Å². The van der Waals surface area contributed by atoms with Crippen LogP contribution in [0.15, 0.2) is 22.7 Å². The number of benzene rings is 1. The molecule has 0 aliphatic rings. The van der Waals surface area contributed by atoms with Gasteiger partial charge in [0.25, 0.3) is 0 Å². The summed E-state index contributed by atoms with van der Waals surface area (Å²) in [5, 5.41) is 0.483. The first-order valence-corrected chi connectivity index (χ1v) is 5.78. The summed E-state index contributed by atoms with van der Waals surface area (Å²) in [6.45, 7) is 0. The van der Waals surface area contributed by atoms with E-state index in [0.717, 1.165) is 0 Å². The van der Waals surface area contributed by atoms with Gasteiger partial charge in [-0.2, -0.15) is 0 Å². The fourth-order valence-corrected chi connectivity index (χ4v) is 2.03. The Morgan fingerprint density at radius 2 is 2.06 bits per heavy atom. The third kappa shape index (κ3) is 2.15. The van der Waals surface area contributed by atoms with E-state index in [0.29, 0.717) is 15.6 Å². The minimum Gasteiger partial charge on any atom is -0.496 e. The largest absolute Gasteiger partial charge is 0.496 e. The molecule has 1 aromatic heterocycles. The van der Waals surface area contributed by atoms with Crippen LogP contribution in [0.1, 0.15) is 10.5 Å². The first kappa shape index (κ1) is 12.8. The number of ether oxygens (including phenoxy) is 2. The van der Waals surface area contributed by atoms with Crippen LogP contribution in [0.3, 0.4) is 0 Å². The van der Waals surface area contributed by atoms with E-state index in [9.17, 15) is 9.18 Å². The topological polar surface area (TPSA) is 48.4 Å². The van der Waals surface area contributed by atoms with Crippen molar-refractivity contribution < 1.29 is 18.7 Å². The second kappa shape index (κ2) is 4.89. The molecule has 6 heteroatoms. The quantitative estimate of drug-likeness (QED) is 0.800. The van der Waals surface area contributed by atoms with Crippen molar-refractivity contribution in [3.05, 3.63) is 34.2 Å². The standard InChI is InChI=1S/C12H9BrFNO3/c1-17-10-5-9(12(16)18-2)15-11-7(10)3-6(13)4-8(11)14/h3-5H,1-2H3. The van der Waals surface area contributed by atoms with Gasteiger partial charge in [0.1, 0.15) is 11.3 Å². The highest BCUT2D eigenvalue weighted by Gasteiger charge is 2.15. The van der Waals surface area contributed by atoms with Crippen LogP contribution in [0.4, 0.5) is 4.39 Å². The molecular weight excluding hydrogens is 305 g/mol. The molecule has 1 heterocycles.